The molecule has 0 amide bonds. The van der Waals surface area contributed by atoms with Crippen LogP contribution in [0.5, 0.6) is 0 Å². The highest BCUT2D eigenvalue weighted by Gasteiger charge is 2.40. The number of benzene rings is 1. The molecule has 94 valence electrons. The summed E-state index contributed by atoms with van der Waals surface area (Å²) >= 11 is 0. The molecule has 0 radical (unpaired) electrons. The molecule has 3 rings (SSSR count). The molecule has 1 aliphatic heterocycles. The van der Waals surface area contributed by atoms with Crippen molar-refractivity contribution in [3.05, 3.63) is 35.9 Å². The van der Waals surface area contributed by atoms with Crippen LogP contribution in [0.25, 0.3) is 0 Å². The fraction of sp³-hybridized carbons (Fsp3) is 0.357. The van der Waals surface area contributed by atoms with Crippen molar-refractivity contribution in [2.45, 2.75) is 18.4 Å². The van der Waals surface area contributed by atoms with Crippen molar-refractivity contribution in [3.8, 4) is 0 Å². The van der Waals surface area contributed by atoms with E-state index in [-0.39, 0.29) is 11.8 Å². The maximum absolute atomic E-state index is 11.3. The standard InChI is InChI=1S/C14H16N2O2/c1-15-8-5-6-12-11(7-8)9-3-2-4-10(9)13(16-12)14(17)18/h2-3,5-7,9-10,13,15-16H,4H2,1H3,(H,17,18). The zero-order valence-corrected chi connectivity index (χ0v) is 10.2. The van der Waals surface area contributed by atoms with Gasteiger partial charge in [0.25, 0.3) is 0 Å². The Morgan fingerprint density at radius 3 is 3.06 bits per heavy atom. The first-order chi connectivity index (χ1) is 8.70. The summed E-state index contributed by atoms with van der Waals surface area (Å²) in [5, 5.41) is 15.6. The van der Waals surface area contributed by atoms with Crippen molar-refractivity contribution in [3.63, 3.8) is 0 Å². The van der Waals surface area contributed by atoms with E-state index in [0.29, 0.717) is 0 Å². The second-order valence-corrected chi connectivity index (χ2v) is 4.87. The van der Waals surface area contributed by atoms with E-state index in [4.69, 9.17) is 0 Å². The van der Waals surface area contributed by atoms with E-state index in [1.165, 1.54) is 5.56 Å². The van der Waals surface area contributed by atoms with Gasteiger partial charge in [0.05, 0.1) is 0 Å². The Kier molecular flexibility index (Phi) is 2.51. The largest absolute Gasteiger partial charge is 0.480 e. The zero-order chi connectivity index (χ0) is 12.7. The minimum atomic E-state index is -0.767. The minimum absolute atomic E-state index is 0.127. The zero-order valence-electron chi connectivity index (χ0n) is 10.2. The fourth-order valence-electron chi connectivity index (χ4n) is 2.99. The molecule has 0 saturated heterocycles. The van der Waals surface area contributed by atoms with E-state index in [2.05, 4.69) is 28.9 Å². The molecule has 2 aliphatic rings. The average Bonchev–Trinajstić information content (AvgIpc) is 2.86. The van der Waals surface area contributed by atoms with Gasteiger partial charge in [-0.2, -0.15) is 0 Å². The van der Waals surface area contributed by atoms with Gasteiger partial charge in [-0.15, -0.1) is 0 Å². The van der Waals surface area contributed by atoms with E-state index in [1.807, 2.05) is 19.2 Å². The van der Waals surface area contributed by atoms with Gasteiger partial charge in [-0.25, -0.2) is 4.79 Å². The van der Waals surface area contributed by atoms with Crippen LogP contribution in [0.3, 0.4) is 0 Å². The first-order valence-electron chi connectivity index (χ1n) is 6.18. The van der Waals surface area contributed by atoms with Crippen molar-refractivity contribution < 1.29 is 9.90 Å². The quantitative estimate of drug-likeness (QED) is 0.698. The minimum Gasteiger partial charge on any atom is -0.480 e. The normalized spacial score (nSPS) is 28.2. The summed E-state index contributed by atoms with van der Waals surface area (Å²) in [6.07, 6.45) is 5.06. The van der Waals surface area contributed by atoms with Crippen molar-refractivity contribution in [1.29, 1.82) is 0 Å². The van der Waals surface area contributed by atoms with Crippen molar-refractivity contribution in [2.75, 3.05) is 17.7 Å². The summed E-state index contributed by atoms with van der Waals surface area (Å²) in [4.78, 5) is 11.3. The summed E-state index contributed by atoms with van der Waals surface area (Å²) in [5.74, 6) is -0.421. The lowest BCUT2D eigenvalue weighted by Gasteiger charge is -2.34. The van der Waals surface area contributed by atoms with Crippen LogP contribution < -0.4 is 10.6 Å². The Hall–Kier alpha value is -1.97. The third kappa shape index (κ3) is 1.56. The smallest absolute Gasteiger partial charge is 0.326 e. The SMILES string of the molecule is CNc1ccc2c(c1)C1C=CCC1C(C(=O)O)N2. The third-order valence-corrected chi connectivity index (χ3v) is 3.92. The monoisotopic (exact) mass is 244 g/mol. The number of hydrogen-bond acceptors (Lipinski definition) is 3. The van der Waals surface area contributed by atoms with Crippen LogP contribution in [0.15, 0.2) is 30.4 Å². The van der Waals surface area contributed by atoms with Crippen molar-refractivity contribution in [2.24, 2.45) is 5.92 Å². The molecular formula is C14H16N2O2. The van der Waals surface area contributed by atoms with Gasteiger partial charge in [0.2, 0.25) is 0 Å². The second kappa shape index (κ2) is 4.05. The number of nitrogens with one attached hydrogen (secondary N) is 2. The van der Waals surface area contributed by atoms with E-state index >= 15 is 0 Å². The van der Waals surface area contributed by atoms with Crippen LogP contribution in [0.2, 0.25) is 0 Å². The van der Waals surface area contributed by atoms with E-state index in [1.54, 1.807) is 0 Å². The third-order valence-electron chi connectivity index (χ3n) is 3.92. The predicted octanol–water partition coefficient (Wildman–Crippen LogP) is 2.27. The molecular weight excluding hydrogens is 228 g/mol. The molecule has 4 heteroatoms. The lowest BCUT2D eigenvalue weighted by atomic mass is 9.79. The molecule has 0 bridgehead atoms. The Balaban J connectivity index is 2.06. The molecule has 1 aliphatic carbocycles. The molecule has 3 N–H and O–H groups in total. The predicted molar refractivity (Wildman–Crippen MR) is 71.0 cm³/mol. The van der Waals surface area contributed by atoms with Gasteiger partial charge in [0.1, 0.15) is 6.04 Å². The number of fused-ring (bicyclic) bond motifs is 3. The highest BCUT2D eigenvalue weighted by Crippen LogP contribution is 2.45. The van der Waals surface area contributed by atoms with E-state index in [9.17, 15) is 9.90 Å². The van der Waals surface area contributed by atoms with Gasteiger partial charge >= 0.3 is 5.97 Å². The Labute approximate surface area is 106 Å². The van der Waals surface area contributed by atoms with Crippen molar-refractivity contribution in [1.82, 2.24) is 0 Å². The number of allylic oxidation sites excluding steroid dienone is 2. The first-order valence-corrected chi connectivity index (χ1v) is 6.18. The topological polar surface area (TPSA) is 61.4 Å². The van der Waals surface area contributed by atoms with Crippen LogP contribution in [0.4, 0.5) is 11.4 Å². The Morgan fingerprint density at radius 1 is 1.50 bits per heavy atom. The number of carboxylic acid groups (broad SMARTS) is 1. The summed E-state index contributed by atoms with van der Waals surface area (Å²) < 4.78 is 0. The van der Waals surface area contributed by atoms with Gasteiger partial charge in [0.15, 0.2) is 0 Å². The highest BCUT2D eigenvalue weighted by atomic mass is 16.4. The summed E-state index contributed by atoms with van der Waals surface area (Å²) in [6.45, 7) is 0. The van der Waals surface area contributed by atoms with Crippen LogP contribution in [0, 0.1) is 5.92 Å². The lowest BCUT2D eigenvalue weighted by molar-refractivity contribution is -0.139. The maximum atomic E-state index is 11.3. The van der Waals surface area contributed by atoms with Crippen LogP contribution in [-0.2, 0) is 4.79 Å². The van der Waals surface area contributed by atoms with Gasteiger partial charge < -0.3 is 15.7 Å². The first kappa shape index (κ1) is 11.1. The fourth-order valence-corrected chi connectivity index (χ4v) is 2.99. The number of hydrogen-bond donors (Lipinski definition) is 3. The van der Waals surface area contributed by atoms with E-state index in [0.717, 1.165) is 17.8 Å². The summed E-state index contributed by atoms with van der Waals surface area (Å²) in [7, 11) is 1.89. The number of carbonyl (C=O) groups is 1. The second-order valence-electron chi connectivity index (χ2n) is 4.87. The van der Waals surface area contributed by atoms with E-state index < -0.39 is 12.0 Å². The lowest BCUT2D eigenvalue weighted by Crippen LogP contribution is -2.41. The molecule has 1 heterocycles. The molecule has 3 unspecified atom stereocenters. The number of aliphatic carboxylic acids is 1. The van der Waals surface area contributed by atoms with Crippen LogP contribution >= 0.6 is 0 Å². The highest BCUT2D eigenvalue weighted by molar-refractivity contribution is 5.81. The van der Waals surface area contributed by atoms with Crippen LogP contribution in [-0.4, -0.2) is 24.2 Å². The summed E-state index contributed by atoms with van der Waals surface area (Å²) in [6, 6.07) is 5.54. The van der Waals surface area contributed by atoms with Crippen molar-refractivity contribution >= 4 is 17.3 Å². The molecule has 3 atom stereocenters. The molecule has 0 spiro atoms. The molecule has 18 heavy (non-hydrogen) atoms. The number of anilines is 2. The Bertz CT molecular complexity index is 525. The maximum Gasteiger partial charge on any atom is 0.326 e. The van der Waals surface area contributed by atoms with Gasteiger partial charge in [-0.1, -0.05) is 12.2 Å². The number of carboxylic acids is 1. The molecule has 1 aromatic carbocycles. The van der Waals surface area contributed by atoms with Gasteiger partial charge in [-0.05, 0) is 30.2 Å². The molecule has 0 saturated carbocycles. The Morgan fingerprint density at radius 2 is 2.33 bits per heavy atom. The molecule has 4 nitrogen and oxygen atoms in total. The molecule has 0 aromatic heterocycles. The van der Waals surface area contributed by atoms with Gasteiger partial charge in [0, 0.05) is 30.3 Å². The summed E-state index contributed by atoms with van der Waals surface area (Å²) in [5.41, 5.74) is 3.19. The molecule has 0 fully saturated rings. The average molecular weight is 244 g/mol. The number of rotatable bonds is 2. The van der Waals surface area contributed by atoms with Crippen LogP contribution in [0.1, 0.15) is 17.9 Å². The van der Waals surface area contributed by atoms with Gasteiger partial charge in [-0.3, -0.25) is 0 Å². The molecule has 1 aromatic rings.